The molecule has 1 rings (SSSR count). The molecule has 0 amide bonds. The fraction of sp³-hybridized carbons (Fsp3) is 0.200. The van der Waals surface area contributed by atoms with Crippen LogP contribution >= 0.6 is 27.3 Å². The molecule has 0 radical (unpaired) electrons. The maximum atomic E-state index is 8.63. The summed E-state index contributed by atoms with van der Waals surface area (Å²) in [5.41, 5.74) is 1.07. The molecule has 0 aliphatic rings. The highest BCUT2D eigenvalue weighted by Gasteiger charge is 1.94. The lowest BCUT2D eigenvalue weighted by Crippen LogP contribution is -1.75. The number of aliphatic hydroxyl groups is 1. The van der Waals surface area contributed by atoms with E-state index in [2.05, 4.69) is 15.9 Å². The van der Waals surface area contributed by atoms with Gasteiger partial charge in [0.1, 0.15) is 0 Å². The van der Waals surface area contributed by atoms with Gasteiger partial charge in [-0.15, -0.1) is 11.3 Å². The largest absolute Gasteiger partial charge is 0.392 e. The van der Waals surface area contributed by atoms with Gasteiger partial charge >= 0.3 is 0 Å². The lowest BCUT2D eigenvalue weighted by Gasteiger charge is -1.90. The molecule has 0 aromatic carbocycles. The predicted molar refractivity (Wildman–Crippen MR) is 61.9 cm³/mol. The molecule has 0 fully saturated rings. The number of hydrogen-bond donors (Lipinski definition) is 1. The standard InChI is InChI=1S/C10H11BrOS/c1-8(4-6-12)2-3-10-9(11)5-7-13-10/h2-5,7,12H,6H2,1H3/b3-2+,8-4+. The summed E-state index contributed by atoms with van der Waals surface area (Å²) in [6.07, 6.45) is 5.81. The van der Waals surface area contributed by atoms with Gasteiger partial charge in [-0.1, -0.05) is 17.7 Å². The third kappa shape index (κ3) is 3.46. The molecule has 0 bridgehead atoms. The zero-order valence-electron chi connectivity index (χ0n) is 7.33. The Morgan fingerprint density at radius 2 is 2.46 bits per heavy atom. The van der Waals surface area contributed by atoms with E-state index in [1.807, 2.05) is 30.5 Å². The molecule has 0 saturated heterocycles. The number of aliphatic hydroxyl groups excluding tert-OH is 1. The monoisotopic (exact) mass is 258 g/mol. The SMILES string of the molecule is CC(/C=C/c1sccc1Br)=C\CO. The van der Waals surface area contributed by atoms with Crippen LogP contribution in [0.15, 0.2) is 33.6 Å². The van der Waals surface area contributed by atoms with E-state index in [0.717, 1.165) is 10.0 Å². The maximum absolute atomic E-state index is 8.63. The summed E-state index contributed by atoms with van der Waals surface area (Å²) in [7, 11) is 0. The summed E-state index contributed by atoms with van der Waals surface area (Å²) in [6, 6.07) is 2.02. The molecular formula is C10H11BrOS. The molecule has 3 heteroatoms. The second-order valence-electron chi connectivity index (χ2n) is 2.60. The fourth-order valence-electron chi connectivity index (χ4n) is 0.844. The van der Waals surface area contributed by atoms with Crippen LogP contribution in [0.4, 0.5) is 0 Å². The quantitative estimate of drug-likeness (QED) is 0.824. The van der Waals surface area contributed by atoms with Crippen molar-refractivity contribution >= 4 is 33.3 Å². The average Bonchev–Trinajstić information content (AvgIpc) is 2.48. The van der Waals surface area contributed by atoms with Crippen LogP contribution in [-0.4, -0.2) is 11.7 Å². The van der Waals surface area contributed by atoms with E-state index in [1.165, 1.54) is 4.88 Å². The molecule has 1 aromatic rings. The Bertz CT molecular complexity index is 325. The van der Waals surface area contributed by atoms with Crippen molar-refractivity contribution in [2.75, 3.05) is 6.61 Å². The number of rotatable bonds is 3. The molecular weight excluding hydrogens is 248 g/mol. The summed E-state index contributed by atoms with van der Waals surface area (Å²) >= 11 is 5.13. The van der Waals surface area contributed by atoms with Gasteiger partial charge in [0.15, 0.2) is 0 Å². The molecule has 0 unspecified atom stereocenters. The maximum Gasteiger partial charge on any atom is 0.0617 e. The molecule has 0 saturated carbocycles. The van der Waals surface area contributed by atoms with Crippen LogP contribution in [0.1, 0.15) is 11.8 Å². The Kier molecular flexibility index (Phi) is 4.42. The van der Waals surface area contributed by atoms with Gasteiger partial charge in [0, 0.05) is 9.35 Å². The van der Waals surface area contributed by atoms with E-state index in [0.29, 0.717) is 0 Å². The van der Waals surface area contributed by atoms with Gasteiger partial charge < -0.3 is 5.11 Å². The average molecular weight is 259 g/mol. The normalized spacial score (nSPS) is 12.7. The zero-order chi connectivity index (χ0) is 9.68. The van der Waals surface area contributed by atoms with Crippen molar-refractivity contribution in [1.29, 1.82) is 0 Å². The van der Waals surface area contributed by atoms with Gasteiger partial charge in [0.25, 0.3) is 0 Å². The van der Waals surface area contributed by atoms with Gasteiger partial charge in [-0.05, 0) is 40.4 Å². The Hall–Kier alpha value is -0.380. The van der Waals surface area contributed by atoms with Gasteiger partial charge in [-0.3, -0.25) is 0 Å². The van der Waals surface area contributed by atoms with Crippen LogP contribution in [0, 0.1) is 0 Å². The Labute approximate surface area is 90.5 Å². The lowest BCUT2D eigenvalue weighted by atomic mass is 10.2. The minimum atomic E-state index is 0.0990. The highest BCUT2D eigenvalue weighted by molar-refractivity contribution is 9.10. The predicted octanol–water partition coefficient (Wildman–Crippen LogP) is 3.46. The minimum Gasteiger partial charge on any atom is -0.392 e. The molecule has 1 nitrogen and oxygen atoms in total. The topological polar surface area (TPSA) is 20.2 Å². The zero-order valence-corrected chi connectivity index (χ0v) is 9.73. The summed E-state index contributed by atoms with van der Waals surface area (Å²) in [5.74, 6) is 0. The second kappa shape index (κ2) is 5.37. The van der Waals surface area contributed by atoms with Crippen molar-refractivity contribution in [1.82, 2.24) is 0 Å². The van der Waals surface area contributed by atoms with Crippen molar-refractivity contribution in [2.24, 2.45) is 0 Å². The van der Waals surface area contributed by atoms with Gasteiger partial charge in [0.05, 0.1) is 6.61 Å². The number of allylic oxidation sites excluding steroid dienone is 2. The van der Waals surface area contributed by atoms with Crippen LogP contribution in [0.2, 0.25) is 0 Å². The first kappa shape index (κ1) is 10.7. The Balaban J connectivity index is 2.69. The number of halogens is 1. The van der Waals surface area contributed by atoms with Crippen LogP contribution < -0.4 is 0 Å². The molecule has 0 aliphatic heterocycles. The molecule has 13 heavy (non-hydrogen) atoms. The first-order chi connectivity index (χ1) is 6.24. The van der Waals surface area contributed by atoms with Crippen LogP contribution in [0.25, 0.3) is 6.08 Å². The highest BCUT2D eigenvalue weighted by Crippen LogP contribution is 2.24. The smallest absolute Gasteiger partial charge is 0.0617 e. The second-order valence-corrected chi connectivity index (χ2v) is 4.40. The van der Waals surface area contributed by atoms with E-state index < -0.39 is 0 Å². The van der Waals surface area contributed by atoms with Crippen molar-refractivity contribution in [3.63, 3.8) is 0 Å². The lowest BCUT2D eigenvalue weighted by molar-refractivity contribution is 0.342. The summed E-state index contributed by atoms with van der Waals surface area (Å²) < 4.78 is 1.12. The van der Waals surface area contributed by atoms with Crippen LogP contribution in [0.5, 0.6) is 0 Å². The molecule has 0 spiro atoms. The first-order valence-corrected chi connectivity index (χ1v) is 5.60. The summed E-state index contributed by atoms with van der Waals surface area (Å²) in [4.78, 5) is 1.20. The Morgan fingerprint density at radius 1 is 1.69 bits per heavy atom. The minimum absolute atomic E-state index is 0.0990. The van der Waals surface area contributed by atoms with Crippen molar-refractivity contribution < 1.29 is 5.11 Å². The molecule has 1 aromatic heterocycles. The molecule has 1 heterocycles. The van der Waals surface area contributed by atoms with E-state index in [4.69, 9.17) is 5.11 Å². The molecule has 0 aliphatic carbocycles. The summed E-state index contributed by atoms with van der Waals surface area (Å²) in [6.45, 7) is 2.07. The highest BCUT2D eigenvalue weighted by atomic mass is 79.9. The third-order valence-corrected chi connectivity index (χ3v) is 3.39. The van der Waals surface area contributed by atoms with E-state index in [-0.39, 0.29) is 6.61 Å². The van der Waals surface area contributed by atoms with E-state index in [9.17, 15) is 0 Å². The first-order valence-electron chi connectivity index (χ1n) is 3.92. The van der Waals surface area contributed by atoms with Crippen LogP contribution in [-0.2, 0) is 0 Å². The Morgan fingerprint density at radius 3 is 3.00 bits per heavy atom. The third-order valence-electron chi connectivity index (χ3n) is 1.56. The number of hydrogen-bond acceptors (Lipinski definition) is 2. The van der Waals surface area contributed by atoms with Crippen molar-refractivity contribution in [3.8, 4) is 0 Å². The summed E-state index contributed by atoms with van der Waals surface area (Å²) in [5, 5.41) is 10.7. The molecule has 70 valence electrons. The van der Waals surface area contributed by atoms with Crippen molar-refractivity contribution in [3.05, 3.63) is 38.5 Å². The van der Waals surface area contributed by atoms with Crippen LogP contribution in [0.3, 0.4) is 0 Å². The van der Waals surface area contributed by atoms with Crippen molar-refractivity contribution in [2.45, 2.75) is 6.92 Å². The fourth-order valence-corrected chi connectivity index (χ4v) is 2.24. The molecule has 0 atom stereocenters. The van der Waals surface area contributed by atoms with Gasteiger partial charge in [0.2, 0.25) is 0 Å². The van der Waals surface area contributed by atoms with Gasteiger partial charge in [-0.2, -0.15) is 0 Å². The van der Waals surface area contributed by atoms with E-state index in [1.54, 1.807) is 17.4 Å². The van der Waals surface area contributed by atoms with Gasteiger partial charge in [-0.25, -0.2) is 0 Å². The van der Waals surface area contributed by atoms with E-state index >= 15 is 0 Å². The molecule has 1 N–H and O–H groups in total. The number of thiophene rings is 1.